The minimum atomic E-state index is -1.61. The Kier molecular flexibility index (Phi) is 43.0. The maximum absolute atomic E-state index is 11.1. The average molecular weight is 498 g/mol. The molecule has 170 valence electrons. The van der Waals surface area contributed by atoms with Gasteiger partial charge < -0.3 is 45.7 Å². The summed E-state index contributed by atoms with van der Waals surface area (Å²) in [6, 6.07) is 0. The van der Waals surface area contributed by atoms with Gasteiger partial charge in [-0.1, -0.05) is 40.0 Å². The minimum absolute atomic E-state index is 0. The number of ether oxygens (including phenoxy) is 3. The van der Waals surface area contributed by atoms with Gasteiger partial charge in [0, 0.05) is 31.8 Å². The van der Waals surface area contributed by atoms with Crippen molar-refractivity contribution in [1.29, 1.82) is 0 Å². The van der Waals surface area contributed by atoms with Gasteiger partial charge in [-0.25, -0.2) is 0 Å². The van der Waals surface area contributed by atoms with Gasteiger partial charge in [-0.05, 0) is 33.1 Å². The van der Waals surface area contributed by atoms with Crippen molar-refractivity contribution in [2.45, 2.75) is 86.0 Å². The predicted octanol–water partition coefficient (Wildman–Crippen LogP) is 1.55. The number of hydrogen-bond donors (Lipinski definition) is 0. The summed E-state index contributed by atoms with van der Waals surface area (Å²) in [5, 5.41) is 17.8. The maximum atomic E-state index is 11.1. The van der Waals surface area contributed by atoms with Crippen LogP contribution in [0.15, 0.2) is 0 Å². The number of hydrogen-bond acceptors (Lipinski definition) is 8. The van der Waals surface area contributed by atoms with Crippen molar-refractivity contribution >= 4 is 18.2 Å². The van der Waals surface area contributed by atoms with Crippen molar-refractivity contribution in [2.24, 2.45) is 0 Å². The molecular formula is C20H38O8Zr. The minimum Gasteiger partial charge on any atom is -0.550 e. The Bertz CT molecular complexity index is 305. The zero-order chi connectivity index (χ0) is 22.8. The summed E-state index contributed by atoms with van der Waals surface area (Å²) in [5.41, 5.74) is 0. The molecule has 0 unspecified atom stereocenters. The van der Waals surface area contributed by atoms with Crippen LogP contribution in [0, 0.1) is 6.92 Å². The summed E-state index contributed by atoms with van der Waals surface area (Å²) in [7, 11) is 0. The van der Waals surface area contributed by atoms with Gasteiger partial charge in [-0.2, -0.15) is 13.2 Å². The Morgan fingerprint density at radius 2 is 1.00 bits per heavy atom. The molecule has 0 spiro atoms. The van der Waals surface area contributed by atoms with E-state index in [0.717, 1.165) is 52.4 Å². The molecule has 29 heavy (non-hydrogen) atoms. The van der Waals surface area contributed by atoms with Gasteiger partial charge >= 0.3 is 26.2 Å². The first kappa shape index (κ1) is 38.9. The van der Waals surface area contributed by atoms with Crippen LogP contribution in [-0.4, -0.2) is 44.0 Å². The van der Waals surface area contributed by atoms with Gasteiger partial charge in [0.15, 0.2) is 5.97 Å². The molecule has 0 aliphatic heterocycles. The first-order valence-corrected chi connectivity index (χ1v) is 9.58. The molecule has 0 saturated heterocycles. The standard InChI is InChI=1S/C14H27O4.2C2H4O2.C2H5.Zr/c1-4-7-10-16-14(13-15,17-11-8-5-2)18-12-9-6-3;2*1-2(3)4;1-2;/h4-12H2,1-3H3;2*1H3,(H,3,4);1H2,2H3;/q-1;;;-1;+4/p-2. The van der Waals surface area contributed by atoms with Gasteiger partial charge in [0.1, 0.15) is 0 Å². The molecule has 0 radical (unpaired) electrons. The van der Waals surface area contributed by atoms with Crippen molar-refractivity contribution in [3.05, 3.63) is 6.92 Å². The van der Waals surface area contributed by atoms with Crippen LogP contribution in [0.3, 0.4) is 0 Å². The van der Waals surface area contributed by atoms with E-state index in [1.165, 1.54) is 0 Å². The van der Waals surface area contributed by atoms with Gasteiger partial charge in [-0.15, -0.1) is 0 Å². The number of aliphatic carboxylic acids is 2. The Morgan fingerprint density at radius 3 is 1.14 bits per heavy atom. The van der Waals surface area contributed by atoms with E-state index in [4.69, 9.17) is 34.0 Å². The van der Waals surface area contributed by atoms with Crippen molar-refractivity contribution in [1.82, 2.24) is 0 Å². The third-order valence-corrected chi connectivity index (χ3v) is 2.49. The zero-order valence-electron chi connectivity index (χ0n) is 18.8. The number of unbranched alkanes of at least 4 members (excludes halogenated alkanes) is 3. The van der Waals surface area contributed by atoms with Gasteiger partial charge in [0.05, 0.1) is 0 Å². The molecule has 0 aliphatic rings. The van der Waals surface area contributed by atoms with E-state index in [0.29, 0.717) is 19.8 Å². The molecule has 0 saturated carbocycles. The van der Waals surface area contributed by atoms with Crippen molar-refractivity contribution in [3.8, 4) is 0 Å². The first-order valence-electron chi connectivity index (χ1n) is 9.58. The summed E-state index contributed by atoms with van der Waals surface area (Å²) in [4.78, 5) is 28.9. The topological polar surface area (TPSA) is 125 Å². The van der Waals surface area contributed by atoms with Crippen LogP contribution in [-0.2, 0) is 54.8 Å². The smallest absolute Gasteiger partial charge is 0.550 e. The fourth-order valence-corrected chi connectivity index (χ4v) is 1.27. The van der Waals surface area contributed by atoms with Gasteiger partial charge in [0.25, 0.3) is 0 Å². The molecule has 0 atom stereocenters. The van der Waals surface area contributed by atoms with Crippen molar-refractivity contribution < 1.29 is 65.0 Å². The quantitative estimate of drug-likeness (QED) is 0.213. The Hall–Kier alpha value is -0.627. The molecule has 9 heteroatoms. The van der Waals surface area contributed by atoms with Crippen LogP contribution in [0.1, 0.15) is 80.1 Å². The summed E-state index contributed by atoms with van der Waals surface area (Å²) in [5.74, 6) is -3.78. The Balaban J connectivity index is -0.000000146. The van der Waals surface area contributed by atoms with Crippen LogP contribution in [0.5, 0.6) is 0 Å². The van der Waals surface area contributed by atoms with E-state index in [9.17, 15) is 4.79 Å². The summed E-state index contributed by atoms with van der Waals surface area (Å²) in [6.45, 7) is 14.5. The summed E-state index contributed by atoms with van der Waals surface area (Å²) in [6.07, 6.45) is 7.39. The second-order valence-corrected chi connectivity index (χ2v) is 5.25. The fourth-order valence-electron chi connectivity index (χ4n) is 1.27. The van der Waals surface area contributed by atoms with E-state index >= 15 is 0 Å². The Morgan fingerprint density at radius 1 is 0.793 bits per heavy atom. The van der Waals surface area contributed by atoms with Crippen LogP contribution >= 0.6 is 0 Å². The van der Waals surface area contributed by atoms with Crippen LogP contribution < -0.4 is 10.2 Å². The molecule has 0 N–H and O–H groups in total. The molecule has 0 aromatic rings. The van der Waals surface area contributed by atoms with Crippen molar-refractivity contribution in [3.63, 3.8) is 0 Å². The van der Waals surface area contributed by atoms with E-state index in [-0.39, 0.29) is 26.2 Å². The van der Waals surface area contributed by atoms with Crippen LogP contribution in [0.4, 0.5) is 0 Å². The van der Waals surface area contributed by atoms with E-state index < -0.39 is 17.9 Å². The third-order valence-electron chi connectivity index (χ3n) is 2.49. The van der Waals surface area contributed by atoms with E-state index in [1.54, 1.807) is 13.2 Å². The molecule has 0 heterocycles. The molecule has 0 aliphatic carbocycles. The monoisotopic (exact) mass is 496 g/mol. The molecule has 0 fully saturated rings. The second-order valence-electron chi connectivity index (χ2n) is 5.25. The molecule has 0 amide bonds. The molecule has 0 rings (SSSR count). The van der Waals surface area contributed by atoms with Gasteiger partial charge in [-0.3, -0.25) is 0 Å². The zero-order valence-corrected chi connectivity index (χ0v) is 21.3. The maximum Gasteiger partial charge on any atom is 4.00 e. The predicted molar refractivity (Wildman–Crippen MR) is 103 cm³/mol. The largest absolute Gasteiger partial charge is 4.00 e. The van der Waals surface area contributed by atoms with Crippen LogP contribution in [0.25, 0.3) is 0 Å². The number of carboxylic acids is 2. The number of carbonyl (C=O) groups excluding carboxylic acids is 3. The van der Waals surface area contributed by atoms with Gasteiger partial charge in [0.2, 0.25) is 0 Å². The van der Waals surface area contributed by atoms with E-state index in [1.807, 2.05) is 0 Å². The molecular weight excluding hydrogens is 459 g/mol. The normalized spacial score (nSPS) is 9.21. The molecule has 0 bridgehead atoms. The fraction of sp³-hybridized carbons (Fsp3) is 0.800. The third kappa shape index (κ3) is 42.5. The summed E-state index contributed by atoms with van der Waals surface area (Å²) >= 11 is 0. The number of rotatable bonds is 13. The second kappa shape index (κ2) is 32.0. The van der Waals surface area contributed by atoms with Crippen LogP contribution in [0.2, 0.25) is 0 Å². The Labute approximate surface area is 195 Å². The summed E-state index contributed by atoms with van der Waals surface area (Å²) < 4.78 is 16.3. The number of carboxylic acid groups (broad SMARTS) is 2. The average Bonchev–Trinajstić information content (AvgIpc) is 2.62. The first-order chi connectivity index (χ1) is 13.2. The molecule has 8 nitrogen and oxygen atoms in total. The SMILES string of the molecule is CC(=O)[O-].CC(=O)[O-].CCCCOC([C-]=O)(OCCCC)OCCCC.[CH2-]C.[Zr+4]. The number of carbonyl (C=O) groups is 2. The van der Waals surface area contributed by atoms with E-state index in [2.05, 4.69) is 27.7 Å². The van der Waals surface area contributed by atoms with Crippen molar-refractivity contribution in [2.75, 3.05) is 19.8 Å². The molecule has 0 aromatic carbocycles. The molecule has 0 aromatic heterocycles.